The molecule has 0 N–H and O–H groups in total. The van der Waals surface area contributed by atoms with Crippen LogP contribution in [0.1, 0.15) is 5.56 Å². The second kappa shape index (κ2) is 14.5. The third-order valence-electron chi connectivity index (χ3n) is 12.8. The Bertz CT molecular complexity index is 4020. The molecule has 65 heavy (non-hydrogen) atoms. The molecule has 4 aromatic heterocycles. The van der Waals surface area contributed by atoms with Crippen LogP contribution >= 0.6 is 0 Å². The van der Waals surface area contributed by atoms with E-state index in [0.717, 1.165) is 93.5 Å². The first-order valence-corrected chi connectivity index (χ1v) is 21.7. The van der Waals surface area contributed by atoms with Gasteiger partial charge in [0.25, 0.3) is 0 Å². The van der Waals surface area contributed by atoms with Crippen LogP contribution in [-0.2, 0) is 0 Å². The molecule has 0 saturated carbocycles. The zero-order valence-electron chi connectivity index (χ0n) is 34.8. The largest absolute Gasteiger partial charge is 0.309 e. The highest BCUT2D eigenvalue weighted by Crippen LogP contribution is 2.43. The van der Waals surface area contributed by atoms with E-state index in [1.165, 1.54) is 0 Å². The quantitative estimate of drug-likeness (QED) is 0.167. The predicted octanol–water partition coefficient (Wildman–Crippen LogP) is 14.0. The Balaban J connectivity index is 1.07. The average Bonchev–Trinajstić information content (AvgIpc) is 4.02. The summed E-state index contributed by atoms with van der Waals surface area (Å²) in [5.74, 6) is 1.49. The van der Waals surface area contributed by atoms with Crippen molar-refractivity contribution >= 4 is 65.4 Å². The van der Waals surface area contributed by atoms with Crippen molar-refractivity contribution in [2.75, 3.05) is 0 Å². The second-order valence-corrected chi connectivity index (χ2v) is 16.3. The Morgan fingerprint density at radius 2 is 0.908 bits per heavy atom. The molecule has 7 nitrogen and oxygen atoms in total. The van der Waals surface area contributed by atoms with Crippen LogP contribution in [0, 0.1) is 11.3 Å². The molecule has 0 fully saturated rings. The van der Waals surface area contributed by atoms with Crippen LogP contribution < -0.4 is 0 Å². The van der Waals surface area contributed by atoms with Crippen molar-refractivity contribution in [1.29, 1.82) is 5.26 Å². The number of rotatable bonds is 6. The average molecular weight is 830 g/mol. The summed E-state index contributed by atoms with van der Waals surface area (Å²) in [5, 5.41) is 17.9. The third-order valence-corrected chi connectivity index (χ3v) is 12.8. The molecular formula is C58H35N7. The monoisotopic (exact) mass is 829 g/mol. The molecule has 0 unspecified atom stereocenters. The van der Waals surface area contributed by atoms with E-state index in [4.69, 9.17) is 15.0 Å². The van der Waals surface area contributed by atoms with Crippen molar-refractivity contribution in [1.82, 2.24) is 28.7 Å². The normalized spacial score (nSPS) is 11.7. The summed E-state index contributed by atoms with van der Waals surface area (Å²) in [6.45, 7) is 0. The molecular weight excluding hydrogens is 795 g/mol. The highest BCUT2D eigenvalue weighted by atomic mass is 15.2. The lowest BCUT2D eigenvalue weighted by molar-refractivity contribution is 0.953. The number of hydrogen-bond donors (Lipinski definition) is 0. The number of benzene rings is 9. The molecule has 4 heterocycles. The summed E-state index contributed by atoms with van der Waals surface area (Å²) < 4.78 is 6.73. The number of aromatic nitrogens is 6. The van der Waals surface area contributed by atoms with Gasteiger partial charge in [-0.2, -0.15) is 15.2 Å². The van der Waals surface area contributed by atoms with Gasteiger partial charge in [-0.15, -0.1) is 0 Å². The smallest absolute Gasteiger partial charge is 0.238 e. The number of hydrogen-bond acceptors (Lipinski definition) is 4. The van der Waals surface area contributed by atoms with E-state index in [1.807, 2.05) is 60.7 Å². The number of fused-ring (bicyclic) bond motifs is 10. The van der Waals surface area contributed by atoms with Crippen LogP contribution in [0.15, 0.2) is 212 Å². The maximum Gasteiger partial charge on any atom is 0.238 e. The first kappa shape index (κ1) is 36.5. The lowest BCUT2D eigenvalue weighted by atomic mass is 9.99. The molecule has 7 heteroatoms. The van der Waals surface area contributed by atoms with Crippen LogP contribution in [0.4, 0.5) is 0 Å². The lowest BCUT2D eigenvalue weighted by Gasteiger charge is -2.15. The van der Waals surface area contributed by atoms with Gasteiger partial charge >= 0.3 is 0 Å². The molecule has 9 aromatic carbocycles. The van der Waals surface area contributed by atoms with Crippen molar-refractivity contribution in [3.63, 3.8) is 0 Å². The lowest BCUT2D eigenvalue weighted by Crippen LogP contribution is -2.07. The summed E-state index contributed by atoms with van der Waals surface area (Å²) in [7, 11) is 0. The van der Waals surface area contributed by atoms with Gasteiger partial charge in [-0.25, -0.2) is 4.98 Å². The maximum atomic E-state index is 11.2. The van der Waals surface area contributed by atoms with Gasteiger partial charge in [-0.05, 0) is 71.8 Å². The van der Waals surface area contributed by atoms with Crippen molar-refractivity contribution in [3.05, 3.63) is 218 Å². The van der Waals surface area contributed by atoms with Crippen molar-refractivity contribution < 1.29 is 0 Å². The highest BCUT2D eigenvalue weighted by molar-refractivity contribution is 6.26. The van der Waals surface area contributed by atoms with Gasteiger partial charge in [-0.1, -0.05) is 152 Å². The fraction of sp³-hybridized carbons (Fsp3) is 0. The summed E-state index contributed by atoms with van der Waals surface area (Å²) >= 11 is 0. The van der Waals surface area contributed by atoms with Crippen LogP contribution in [0.3, 0.4) is 0 Å². The summed E-state index contributed by atoms with van der Waals surface area (Å²) in [6, 6.07) is 76.0. The minimum atomic E-state index is 0.466. The van der Waals surface area contributed by atoms with Gasteiger partial charge in [-0.3, -0.25) is 4.57 Å². The molecule has 302 valence electrons. The topological polar surface area (TPSA) is 77.2 Å². The molecule has 0 spiro atoms. The molecule has 0 amide bonds. The van der Waals surface area contributed by atoms with Gasteiger partial charge in [0.2, 0.25) is 5.95 Å². The SMILES string of the molecule is N#Cc1cc(-c2nc(-c3ccccc3-c3ccccc3)nc(-n3c4ccccc4c4ccccc43)n2)ccc1-n1c2ccccc2c2ccc3c(c4ccccc4n3-c3ccccc3)c21. The van der Waals surface area contributed by atoms with E-state index in [-0.39, 0.29) is 0 Å². The zero-order chi connectivity index (χ0) is 43.0. The van der Waals surface area contributed by atoms with Gasteiger partial charge in [0.05, 0.1) is 44.4 Å². The van der Waals surface area contributed by atoms with Crippen LogP contribution in [0.2, 0.25) is 0 Å². The molecule has 0 radical (unpaired) electrons. The second-order valence-electron chi connectivity index (χ2n) is 16.3. The molecule has 0 aliphatic rings. The van der Waals surface area contributed by atoms with E-state index in [9.17, 15) is 5.26 Å². The van der Waals surface area contributed by atoms with E-state index in [0.29, 0.717) is 28.7 Å². The Morgan fingerprint density at radius 1 is 0.369 bits per heavy atom. The fourth-order valence-electron chi connectivity index (χ4n) is 9.97. The summed E-state index contributed by atoms with van der Waals surface area (Å²) in [5.41, 5.74) is 12.3. The summed E-state index contributed by atoms with van der Waals surface area (Å²) in [4.78, 5) is 15.8. The minimum Gasteiger partial charge on any atom is -0.309 e. The van der Waals surface area contributed by atoms with Crippen molar-refractivity contribution in [2.45, 2.75) is 0 Å². The van der Waals surface area contributed by atoms with Crippen molar-refractivity contribution in [2.24, 2.45) is 0 Å². The third kappa shape index (κ3) is 5.58. The molecule has 13 rings (SSSR count). The minimum absolute atomic E-state index is 0.466. The highest BCUT2D eigenvalue weighted by Gasteiger charge is 2.24. The fourth-order valence-corrected chi connectivity index (χ4v) is 9.97. The maximum absolute atomic E-state index is 11.2. The number of nitrogens with zero attached hydrogens (tertiary/aromatic N) is 7. The molecule has 0 atom stereocenters. The summed E-state index contributed by atoms with van der Waals surface area (Å²) in [6.07, 6.45) is 0. The van der Waals surface area contributed by atoms with Crippen LogP contribution in [-0.4, -0.2) is 28.7 Å². The van der Waals surface area contributed by atoms with Crippen molar-refractivity contribution in [3.8, 4) is 57.3 Å². The van der Waals surface area contributed by atoms with Gasteiger partial charge in [0.15, 0.2) is 11.6 Å². The van der Waals surface area contributed by atoms with E-state index in [2.05, 4.69) is 171 Å². The first-order chi connectivity index (χ1) is 32.2. The van der Waals surface area contributed by atoms with Gasteiger partial charge in [0.1, 0.15) is 6.07 Å². The molecule has 0 aliphatic heterocycles. The van der Waals surface area contributed by atoms with E-state index in [1.54, 1.807) is 0 Å². The van der Waals surface area contributed by atoms with Gasteiger partial charge < -0.3 is 9.13 Å². The van der Waals surface area contributed by atoms with Crippen LogP contribution in [0.25, 0.3) is 117 Å². The Morgan fingerprint density at radius 3 is 1.58 bits per heavy atom. The van der Waals surface area contributed by atoms with Gasteiger partial charge in [0, 0.05) is 49.1 Å². The molecule has 0 saturated heterocycles. The Labute approximate surface area is 373 Å². The van der Waals surface area contributed by atoms with Crippen LogP contribution in [0.5, 0.6) is 0 Å². The molecule has 0 aliphatic carbocycles. The Kier molecular flexibility index (Phi) is 8.14. The van der Waals surface area contributed by atoms with E-state index >= 15 is 0 Å². The zero-order valence-corrected chi connectivity index (χ0v) is 34.8. The molecule has 13 aromatic rings. The van der Waals surface area contributed by atoms with E-state index < -0.39 is 0 Å². The predicted molar refractivity (Wildman–Crippen MR) is 264 cm³/mol. The Hall–Kier alpha value is -9.12. The molecule has 0 bridgehead atoms. The number of para-hydroxylation sites is 5. The first-order valence-electron chi connectivity index (χ1n) is 21.7. The number of nitriles is 1. The standard InChI is InChI=1S/C58H35N7/c59-36-39-35-38(31-33-48(39)64-49-27-13-11-24-44(49)45-32-34-53-54(55(45)64)47-26-12-16-30-52(47)63(53)40-19-5-2-6-20-40)56-60-57(46-25-8-7-21-41(46)37-17-3-1-4-18-37)62-58(61-56)65-50-28-14-9-22-42(50)43-23-10-15-29-51(43)65/h1-35H.